The average Bonchev–Trinajstić information content (AvgIpc) is 2.59. The fraction of sp³-hybridized carbons (Fsp3) is 0.200. The minimum atomic E-state index is -4.53. The summed E-state index contributed by atoms with van der Waals surface area (Å²) in [5, 5.41) is 0.607. The first-order valence-corrected chi connectivity index (χ1v) is 9.25. The van der Waals surface area contributed by atoms with E-state index in [0.29, 0.717) is 5.02 Å². The number of hydrogen-bond donors (Lipinski definition) is 0. The molecule has 0 saturated heterocycles. The van der Waals surface area contributed by atoms with Crippen molar-refractivity contribution in [3.05, 3.63) is 58.3 Å². The Hall–Kier alpha value is -0.630. The molecule has 0 N–H and O–H groups in total. The molecule has 2 aromatic rings. The molecule has 0 saturated carbocycles. The molecule has 0 bridgehead atoms. The number of pyridine rings is 1. The van der Waals surface area contributed by atoms with Gasteiger partial charge in [-0.05, 0) is 30.3 Å². The van der Waals surface area contributed by atoms with E-state index in [4.69, 9.17) is 32.7 Å². The SMILES string of the molecule is COP(=O)([O-])C(OC(=O)COc1ccc(Cl)cc1Cl)c1ccccn1.[Na+]. The van der Waals surface area contributed by atoms with E-state index in [2.05, 4.69) is 9.51 Å². The molecule has 0 fully saturated rings. The van der Waals surface area contributed by atoms with Crippen LogP contribution < -0.4 is 39.2 Å². The van der Waals surface area contributed by atoms with Crippen molar-refractivity contribution in [3.63, 3.8) is 0 Å². The van der Waals surface area contributed by atoms with Gasteiger partial charge in [0.1, 0.15) is 5.75 Å². The van der Waals surface area contributed by atoms with Crippen LogP contribution in [0.2, 0.25) is 10.0 Å². The zero-order valence-electron chi connectivity index (χ0n) is 13.9. The van der Waals surface area contributed by atoms with Crippen molar-refractivity contribution in [1.82, 2.24) is 4.98 Å². The van der Waals surface area contributed by atoms with E-state index in [9.17, 15) is 14.3 Å². The number of aromatic nitrogens is 1. The summed E-state index contributed by atoms with van der Waals surface area (Å²) in [6.07, 6.45) is 1.37. The van der Waals surface area contributed by atoms with Gasteiger partial charge in [0, 0.05) is 18.3 Å². The first-order chi connectivity index (χ1) is 11.8. The Bertz CT molecular complexity index is 795. The summed E-state index contributed by atoms with van der Waals surface area (Å²) in [6.45, 7) is -0.561. The van der Waals surface area contributed by atoms with Crippen molar-refractivity contribution in [2.24, 2.45) is 0 Å². The van der Waals surface area contributed by atoms with Gasteiger partial charge >= 0.3 is 35.5 Å². The first kappa shape index (κ1) is 23.4. The van der Waals surface area contributed by atoms with Crippen LogP contribution in [0.1, 0.15) is 11.5 Å². The van der Waals surface area contributed by atoms with Gasteiger partial charge in [0.25, 0.3) is 0 Å². The number of nitrogens with zero attached hydrogens (tertiary/aromatic N) is 1. The van der Waals surface area contributed by atoms with Crippen LogP contribution in [0.5, 0.6) is 5.75 Å². The minimum absolute atomic E-state index is 0. The quantitative estimate of drug-likeness (QED) is 0.354. The van der Waals surface area contributed by atoms with Gasteiger partial charge in [-0.3, -0.25) is 4.98 Å². The third-order valence-corrected chi connectivity index (χ3v) is 4.95. The summed E-state index contributed by atoms with van der Waals surface area (Å²) >= 11 is 11.7. The molecule has 26 heavy (non-hydrogen) atoms. The van der Waals surface area contributed by atoms with Crippen LogP contribution in [0.25, 0.3) is 0 Å². The fourth-order valence-electron chi connectivity index (χ4n) is 1.79. The minimum Gasteiger partial charge on any atom is -0.776 e. The summed E-state index contributed by atoms with van der Waals surface area (Å²) in [5.41, 5.74) is 0.0144. The Kier molecular flexibility index (Phi) is 9.58. The maximum Gasteiger partial charge on any atom is 1.00 e. The largest absolute Gasteiger partial charge is 1.00 e. The van der Waals surface area contributed by atoms with Crippen molar-refractivity contribution in [2.75, 3.05) is 13.7 Å². The summed E-state index contributed by atoms with van der Waals surface area (Å²) in [4.78, 5) is 27.9. The van der Waals surface area contributed by atoms with Gasteiger partial charge < -0.3 is 23.5 Å². The van der Waals surface area contributed by atoms with E-state index in [-0.39, 0.29) is 46.0 Å². The van der Waals surface area contributed by atoms with Crippen LogP contribution in [0.4, 0.5) is 0 Å². The molecule has 1 heterocycles. The van der Waals surface area contributed by atoms with E-state index < -0.39 is 26.0 Å². The van der Waals surface area contributed by atoms with Crippen LogP contribution in [-0.4, -0.2) is 24.7 Å². The molecule has 2 atom stereocenters. The molecule has 0 spiro atoms. The number of benzene rings is 1. The average molecular weight is 428 g/mol. The van der Waals surface area contributed by atoms with Gasteiger partial charge in [0.15, 0.2) is 14.2 Å². The summed E-state index contributed by atoms with van der Waals surface area (Å²) in [6, 6.07) is 9.00. The predicted molar refractivity (Wildman–Crippen MR) is 89.6 cm³/mol. The molecular weight excluding hydrogens is 415 g/mol. The zero-order chi connectivity index (χ0) is 18.4. The number of halogens is 2. The van der Waals surface area contributed by atoms with Crippen LogP contribution in [0, 0.1) is 0 Å². The van der Waals surface area contributed by atoms with Crippen LogP contribution >= 0.6 is 30.8 Å². The number of ether oxygens (including phenoxy) is 2. The zero-order valence-corrected chi connectivity index (χ0v) is 18.3. The maximum atomic E-state index is 12.0. The van der Waals surface area contributed by atoms with Gasteiger partial charge in [-0.25, -0.2) is 4.79 Å². The Balaban J connectivity index is 0.00000338. The number of esters is 1. The van der Waals surface area contributed by atoms with Crippen molar-refractivity contribution < 1.29 is 57.8 Å². The second-order valence-corrected chi connectivity index (χ2v) is 7.44. The number of carbonyl (C=O) groups is 1. The molecular formula is C15H13Cl2NNaO6P. The van der Waals surface area contributed by atoms with Gasteiger partial charge in [0.05, 0.1) is 10.7 Å². The summed E-state index contributed by atoms with van der Waals surface area (Å²) in [5.74, 6) is -2.42. The first-order valence-electron chi connectivity index (χ1n) is 6.88. The van der Waals surface area contributed by atoms with E-state index in [0.717, 1.165) is 7.11 Å². The second-order valence-electron chi connectivity index (χ2n) is 4.68. The predicted octanol–water partition coefficient (Wildman–Crippen LogP) is 0.213. The van der Waals surface area contributed by atoms with Gasteiger partial charge in [-0.1, -0.05) is 29.3 Å². The summed E-state index contributed by atoms with van der Waals surface area (Å²) in [7, 11) is -3.55. The molecule has 0 aliphatic rings. The molecule has 2 rings (SSSR count). The van der Waals surface area contributed by atoms with E-state index >= 15 is 0 Å². The van der Waals surface area contributed by atoms with E-state index in [1.54, 1.807) is 12.1 Å². The van der Waals surface area contributed by atoms with Crippen LogP contribution in [-0.2, 0) is 18.6 Å². The van der Waals surface area contributed by atoms with Crippen molar-refractivity contribution in [3.8, 4) is 5.75 Å². The summed E-state index contributed by atoms with van der Waals surface area (Å²) < 4.78 is 26.7. The Morgan fingerprint density at radius 1 is 1.31 bits per heavy atom. The van der Waals surface area contributed by atoms with Crippen LogP contribution in [0.15, 0.2) is 42.6 Å². The smallest absolute Gasteiger partial charge is 0.776 e. The molecule has 2 unspecified atom stereocenters. The molecule has 7 nitrogen and oxygen atoms in total. The molecule has 134 valence electrons. The third kappa shape index (κ3) is 6.51. The number of hydrogen-bond acceptors (Lipinski definition) is 7. The Morgan fingerprint density at radius 2 is 2.04 bits per heavy atom. The third-order valence-electron chi connectivity index (χ3n) is 2.97. The van der Waals surface area contributed by atoms with Gasteiger partial charge in [-0.2, -0.15) is 0 Å². The Morgan fingerprint density at radius 3 is 2.62 bits per heavy atom. The van der Waals surface area contributed by atoms with Gasteiger partial charge in [0.2, 0.25) is 5.85 Å². The molecule has 0 amide bonds. The molecule has 0 aliphatic heterocycles. The van der Waals surface area contributed by atoms with Crippen molar-refractivity contribution >= 4 is 36.8 Å². The Labute approximate surface area is 182 Å². The topological polar surface area (TPSA) is 97.8 Å². The normalized spacial score (nSPS) is 13.8. The molecule has 1 aromatic heterocycles. The van der Waals surface area contributed by atoms with Crippen molar-refractivity contribution in [2.45, 2.75) is 5.85 Å². The molecule has 0 radical (unpaired) electrons. The maximum absolute atomic E-state index is 12.0. The van der Waals surface area contributed by atoms with Gasteiger partial charge in [-0.15, -0.1) is 0 Å². The second kappa shape index (κ2) is 10.6. The van der Waals surface area contributed by atoms with E-state index in [1.807, 2.05) is 0 Å². The number of rotatable bonds is 7. The van der Waals surface area contributed by atoms with E-state index in [1.165, 1.54) is 30.5 Å². The number of carbonyl (C=O) groups excluding carboxylic acids is 1. The molecule has 1 aromatic carbocycles. The molecule has 0 aliphatic carbocycles. The van der Waals surface area contributed by atoms with Crippen LogP contribution in [0.3, 0.4) is 0 Å². The standard InChI is InChI=1S/C15H14Cl2NO6P.Na/c1-22-25(20,21)15(12-4-2-3-7-18-12)24-14(19)9-23-13-6-5-10(16)8-11(13)17;/h2-8,15H,9H2,1H3,(H,20,21);/q;+1/p-1. The fourth-order valence-corrected chi connectivity index (χ4v) is 3.17. The van der Waals surface area contributed by atoms with Crippen molar-refractivity contribution in [1.29, 1.82) is 0 Å². The molecule has 11 heteroatoms. The monoisotopic (exact) mass is 427 g/mol.